The van der Waals surface area contributed by atoms with E-state index in [0.29, 0.717) is 16.8 Å². The number of nitrogens with zero attached hydrogens (tertiary/aromatic N) is 4. The topological polar surface area (TPSA) is 101 Å². The van der Waals surface area contributed by atoms with Crippen LogP contribution in [0, 0.1) is 11.3 Å². The Balaban J connectivity index is 1.89. The highest BCUT2D eigenvalue weighted by atomic mass is 19.4. The molecule has 10 heteroatoms. The van der Waals surface area contributed by atoms with E-state index in [2.05, 4.69) is 31.1 Å². The fraction of sp³-hybridized carbons (Fsp3) is 0.190. The number of benzene rings is 1. The zero-order chi connectivity index (χ0) is 22.6. The van der Waals surface area contributed by atoms with Gasteiger partial charge in [0, 0.05) is 35.4 Å². The quantitative estimate of drug-likeness (QED) is 0.644. The first-order chi connectivity index (χ1) is 14.6. The van der Waals surface area contributed by atoms with Gasteiger partial charge in [-0.2, -0.15) is 5.26 Å². The number of nitriles is 1. The summed E-state index contributed by atoms with van der Waals surface area (Å²) in [5.41, 5.74) is 1.08. The molecule has 0 spiro atoms. The average molecular weight is 427 g/mol. The maximum atomic E-state index is 12.7. The molecule has 0 aliphatic heterocycles. The summed E-state index contributed by atoms with van der Waals surface area (Å²) in [5, 5.41) is 12.1. The molecule has 2 heterocycles. The van der Waals surface area contributed by atoms with E-state index >= 15 is 0 Å². The predicted octanol–water partition coefficient (Wildman–Crippen LogP) is 4.49. The third-order valence-corrected chi connectivity index (χ3v) is 4.24. The number of ether oxygens (including phenoxy) is 1. The summed E-state index contributed by atoms with van der Waals surface area (Å²) in [6, 6.07) is 8.49. The van der Waals surface area contributed by atoms with Crippen molar-refractivity contribution in [3.8, 4) is 22.9 Å². The van der Waals surface area contributed by atoms with E-state index in [9.17, 15) is 23.2 Å². The number of anilines is 1. The second kappa shape index (κ2) is 8.39. The lowest BCUT2D eigenvalue weighted by Gasteiger charge is -2.19. The highest BCUT2D eigenvalue weighted by Gasteiger charge is 2.31. The van der Waals surface area contributed by atoms with E-state index in [-0.39, 0.29) is 11.3 Å². The van der Waals surface area contributed by atoms with Gasteiger partial charge in [-0.25, -0.2) is 9.97 Å². The van der Waals surface area contributed by atoms with Crippen molar-refractivity contribution in [3.63, 3.8) is 0 Å². The third-order valence-electron chi connectivity index (χ3n) is 4.24. The smallest absolute Gasteiger partial charge is 0.406 e. The van der Waals surface area contributed by atoms with Crippen molar-refractivity contribution < 1.29 is 22.7 Å². The molecule has 3 aromatic rings. The van der Waals surface area contributed by atoms with Crippen molar-refractivity contribution in [2.24, 2.45) is 0 Å². The summed E-state index contributed by atoms with van der Waals surface area (Å²) < 4.78 is 40.6. The van der Waals surface area contributed by atoms with Crippen LogP contribution >= 0.6 is 0 Å². The van der Waals surface area contributed by atoms with E-state index in [0.717, 1.165) is 12.1 Å². The molecule has 7 nitrogen and oxygen atoms in total. The molecule has 0 fully saturated rings. The highest BCUT2D eigenvalue weighted by molar-refractivity contribution is 6.04. The number of aromatic nitrogens is 3. The number of nitrogens with one attached hydrogen (secondary N) is 1. The number of pyridine rings is 1. The lowest BCUT2D eigenvalue weighted by atomic mass is 9.85. The Bertz CT molecular complexity index is 1120. The van der Waals surface area contributed by atoms with Crippen LogP contribution < -0.4 is 10.1 Å². The van der Waals surface area contributed by atoms with Crippen molar-refractivity contribution in [3.05, 3.63) is 66.5 Å². The van der Waals surface area contributed by atoms with E-state index in [1.807, 2.05) is 0 Å². The summed E-state index contributed by atoms with van der Waals surface area (Å²) in [7, 11) is 0. The molecule has 0 aliphatic rings. The maximum absolute atomic E-state index is 12.7. The van der Waals surface area contributed by atoms with Crippen molar-refractivity contribution >= 4 is 11.6 Å². The Morgan fingerprint density at radius 1 is 1.10 bits per heavy atom. The second-order valence-electron chi connectivity index (χ2n) is 7.01. The Morgan fingerprint density at radius 2 is 1.74 bits per heavy atom. The Morgan fingerprint density at radius 3 is 2.32 bits per heavy atom. The van der Waals surface area contributed by atoms with Crippen LogP contribution in [0.5, 0.6) is 5.75 Å². The van der Waals surface area contributed by atoms with Gasteiger partial charge in [-0.05, 0) is 44.2 Å². The van der Waals surface area contributed by atoms with E-state index < -0.39 is 23.4 Å². The van der Waals surface area contributed by atoms with Gasteiger partial charge in [0.15, 0.2) is 0 Å². The summed E-state index contributed by atoms with van der Waals surface area (Å²) in [6.45, 7) is 3.40. The molecule has 0 atom stereocenters. The molecule has 0 saturated heterocycles. The summed E-state index contributed by atoms with van der Waals surface area (Å²) >= 11 is 0. The molecule has 0 aliphatic carbocycles. The molecular formula is C21H16F3N5O2. The van der Waals surface area contributed by atoms with Gasteiger partial charge in [0.05, 0.1) is 22.7 Å². The fourth-order valence-electron chi connectivity index (χ4n) is 2.74. The number of halogens is 3. The standard InChI is InChI=1S/C21H16F3N5O2/c1-20(2,11-25)18-17(14-8-26-12-27-9-14)7-13(10-28-18)19(30)29-15-3-5-16(6-4-15)31-21(22,23)24/h3-10,12H,1-2H3,(H,29,30). The summed E-state index contributed by atoms with van der Waals surface area (Å²) in [5.74, 6) is -0.932. The van der Waals surface area contributed by atoms with Crippen LogP contribution in [-0.4, -0.2) is 27.2 Å². The van der Waals surface area contributed by atoms with Gasteiger partial charge < -0.3 is 10.1 Å². The molecule has 0 bridgehead atoms. The molecule has 0 radical (unpaired) electrons. The van der Waals surface area contributed by atoms with Crippen LogP contribution in [0.4, 0.5) is 18.9 Å². The lowest BCUT2D eigenvalue weighted by molar-refractivity contribution is -0.274. The number of carbonyl (C=O) groups excluding carboxylic acids is 1. The number of hydrogen-bond acceptors (Lipinski definition) is 6. The van der Waals surface area contributed by atoms with Crippen LogP contribution in [0.2, 0.25) is 0 Å². The average Bonchev–Trinajstić information content (AvgIpc) is 2.74. The number of rotatable bonds is 5. The van der Waals surface area contributed by atoms with Crippen LogP contribution in [0.25, 0.3) is 11.1 Å². The van der Waals surface area contributed by atoms with Gasteiger partial charge in [0.25, 0.3) is 5.91 Å². The van der Waals surface area contributed by atoms with Crippen LogP contribution in [0.15, 0.2) is 55.2 Å². The van der Waals surface area contributed by atoms with Crippen LogP contribution in [-0.2, 0) is 5.41 Å². The van der Waals surface area contributed by atoms with Gasteiger partial charge in [-0.3, -0.25) is 9.78 Å². The molecule has 0 saturated carbocycles. The highest BCUT2D eigenvalue weighted by Crippen LogP contribution is 2.31. The van der Waals surface area contributed by atoms with Crippen molar-refractivity contribution in [2.75, 3.05) is 5.32 Å². The van der Waals surface area contributed by atoms with E-state index in [1.165, 1.54) is 24.7 Å². The normalized spacial score (nSPS) is 11.5. The minimum atomic E-state index is -4.80. The first-order valence-electron chi connectivity index (χ1n) is 8.93. The van der Waals surface area contributed by atoms with Gasteiger partial charge >= 0.3 is 6.36 Å². The Hall–Kier alpha value is -4.00. The zero-order valence-corrected chi connectivity index (χ0v) is 16.4. The molecule has 1 aromatic carbocycles. The number of carbonyl (C=O) groups is 1. The monoisotopic (exact) mass is 427 g/mol. The van der Waals surface area contributed by atoms with Crippen LogP contribution in [0.3, 0.4) is 0 Å². The third kappa shape index (κ3) is 5.33. The minimum Gasteiger partial charge on any atom is -0.406 e. The maximum Gasteiger partial charge on any atom is 0.573 e. The molecule has 2 aromatic heterocycles. The van der Waals surface area contributed by atoms with Gasteiger partial charge in [0.2, 0.25) is 0 Å². The van der Waals surface area contributed by atoms with Crippen molar-refractivity contribution in [2.45, 2.75) is 25.6 Å². The SMILES string of the molecule is CC(C)(C#N)c1ncc(C(=O)Nc2ccc(OC(F)(F)F)cc2)cc1-c1cncnc1. The minimum absolute atomic E-state index is 0.187. The molecule has 1 N–H and O–H groups in total. The first kappa shape index (κ1) is 21.7. The van der Waals surface area contributed by atoms with Gasteiger partial charge in [0.1, 0.15) is 12.1 Å². The zero-order valence-electron chi connectivity index (χ0n) is 16.4. The molecule has 31 heavy (non-hydrogen) atoms. The molecule has 158 valence electrons. The van der Waals surface area contributed by atoms with E-state index in [1.54, 1.807) is 32.3 Å². The number of hydrogen-bond donors (Lipinski definition) is 1. The summed E-state index contributed by atoms with van der Waals surface area (Å²) in [4.78, 5) is 25.0. The second-order valence-corrected chi connectivity index (χ2v) is 7.01. The van der Waals surface area contributed by atoms with Gasteiger partial charge in [-0.1, -0.05) is 0 Å². The largest absolute Gasteiger partial charge is 0.573 e. The summed E-state index contributed by atoms with van der Waals surface area (Å²) in [6.07, 6.45) is 0.976. The molecule has 1 amide bonds. The molecular weight excluding hydrogens is 411 g/mol. The Kier molecular flexibility index (Phi) is 5.88. The number of alkyl halides is 3. The molecule has 3 rings (SSSR count). The Labute approximate surface area is 175 Å². The lowest BCUT2D eigenvalue weighted by Crippen LogP contribution is -2.20. The fourth-order valence-corrected chi connectivity index (χ4v) is 2.74. The predicted molar refractivity (Wildman–Crippen MR) is 105 cm³/mol. The van der Waals surface area contributed by atoms with Crippen molar-refractivity contribution in [1.82, 2.24) is 15.0 Å². The van der Waals surface area contributed by atoms with E-state index in [4.69, 9.17) is 0 Å². The first-order valence-corrected chi connectivity index (χ1v) is 8.93. The van der Waals surface area contributed by atoms with Crippen molar-refractivity contribution in [1.29, 1.82) is 5.26 Å². The van der Waals surface area contributed by atoms with Gasteiger partial charge in [-0.15, -0.1) is 13.2 Å². The molecule has 0 unspecified atom stereocenters. The number of amides is 1. The van der Waals surface area contributed by atoms with Crippen LogP contribution in [0.1, 0.15) is 29.9 Å².